The fourth-order valence-corrected chi connectivity index (χ4v) is 1.55. The Bertz CT molecular complexity index is 488. The molecule has 0 fully saturated rings. The summed E-state index contributed by atoms with van der Waals surface area (Å²) < 4.78 is 4.95. The highest BCUT2D eigenvalue weighted by atomic mass is 16.5. The number of aliphatic carboxylic acids is 1. The summed E-state index contributed by atoms with van der Waals surface area (Å²) in [7, 11) is 1.49. The van der Waals surface area contributed by atoms with E-state index < -0.39 is 17.5 Å². The Morgan fingerprint density at radius 2 is 2.15 bits per heavy atom. The van der Waals surface area contributed by atoms with Gasteiger partial charge >= 0.3 is 12.0 Å². The zero-order chi connectivity index (χ0) is 15.2. The lowest BCUT2D eigenvalue weighted by Gasteiger charge is -2.25. The van der Waals surface area contributed by atoms with Crippen molar-refractivity contribution in [3.8, 4) is 5.88 Å². The monoisotopic (exact) mass is 281 g/mol. The molecule has 0 bridgehead atoms. The Kier molecular flexibility index (Phi) is 5.31. The van der Waals surface area contributed by atoms with Gasteiger partial charge in [0.15, 0.2) is 0 Å². The van der Waals surface area contributed by atoms with E-state index in [9.17, 15) is 9.59 Å². The number of anilines is 1. The first-order chi connectivity index (χ1) is 9.32. The molecule has 1 aromatic heterocycles. The van der Waals surface area contributed by atoms with Crippen LogP contribution in [-0.2, 0) is 4.79 Å². The first-order valence-electron chi connectivity index (χ1n) is 6.13. The highest BCUT2D eigenvalue weighted by Crippen LogP contribution is 2.15. The van der Waals surface area contributed by atoms with Gasteiger partial charge in [0.2, 0.25) is 5.88 Å². The van der Waals surface area contributed by atoms with Crippen LogP contribution in [0.4, 0.5) is 10.5 Å². The fourth-order valence-electron chi connectivity index (χ4n) is 1.55. The second-order valence-electron chi connectivity index (χ2n) is 4.94. The van der Waals surface area contributed by atoms with Crippen molar-refractivity contribution >= 4 is 17.7 Å². The quantitative estimate of drug-likeness (QED) is 0.738. The van der Waals surface area contributed by atoms with Gasteiger partial charge in [0.05, 0.1) is 7.11 Å². The van der Waals surface area contributed by atoms with Crippen molar-refractivity contribution in [2.75, 3.05) is 12.4 Å². The number of rotatable bonds is 6. The Morgan fingerprint density at radius 1 is 1.45 bits per heavy atom. The summed E-state index contributed by atoms with van der Waals surface area (Å²) in [6, 6.07) is 2.81. The minimum atomic E-state index is -0.890. The van der Waals surface area contributed by atoms with Gasteiger partial charge in [-0.25, -0.2) is 9.78 Å². The third-order valence-electron chi connectivity index (χ3n) is 2.62. The first-order valence-corrected chi connectivity index (χ1v) is 6.13. The van der Waals surface area contributed by atoms with Crippen molar-refractivity contribution in [1.29, 1.82) is 0 Å². The number of pyridine rings is 1. The van der Waals surface area contributed by atoms with Gasteiger partial charge < -0.3 is 20.5 Å². The maximum atomic E-state index is 11.8. The number of nitrogens with one attached hydrogen (secondary N) is 2. The van der Waals surface area contributed by atoms with Gasteiger partial charge in [0.1, 0.15) is 0 Å². The molecular weight excluding hydrogens is 262 g/mol. The number of amides is 2. The van der Waals surface area contributed by atoms with E-state index in [0.29, 0.717) is 18.0 Å². The number of carbonyl (C=O) groups is 2. The van der Waals surface area contributed by atoms with Crippen LogP contribution in [0.3, 0.4) is 0 Å². The molecule has 7 nitrogen and oxygen atoms in total. The van der Waals surface area contributed by atoms with Gasteiger partial charge in [-0.3, -0.25) is 4.79 Å². The third-order valence-corrected chi connectivity index (χ3v) is 2.62. The molecule has 1 rings (SSSR count). The molecule has 0 saturated carbocycles. The second-order valence-corrected chi connectivity index (χ2v) is 4.94. The number of ether oxygens (including phenoxy) is 1. The van der Waals surface area contributed by atoms with Gasteiger partial charge in [0.25, 0.3) is 0 Å². The van der Waals surface area contributed by atoms with Crippen LogP contribution < -0.4 is 15.4 Å². The zero-order valence-corrected chi connectivity index (χ0v) is 11.8. The second kappa shape index (κ2) is 6.74. The normalized spacial score (nSPS) is 10.8. The van der Waals surface area contributed by atoms with E-state index >= 15 is 0 Å². The van der Waals surface area contributed by atoms with E-state index in [1.807, 2.05) is 0 Å². The lowest BCUT2D eigenvalue weighted by atomic mass is 9.99. The van der Waals surface area contributed by atoms with Crippen molar-refractivity contribution in [1.82, 2.24) is 10.3 Å². The third kappa shape index (κ3) is 5.55. The molecule has 0 aliphatic carbocycles. The fraction of sp³-hybridized carbons (Fsp3) is 0.462. The van der Waals surface area contributed by atoms with Gasteiger partial charge in [-0.2, -0.15) is 0 Å². The van der Waals surface area contributed by atoms with Crippen molar-refractivity contribution in [3.05, 3.63) is 18.3 Å². The lowest BCUT2D eigenvalue weighted by Crippen LogP contribution is -2.45. The molecule has 0 saturated heterocycles. The predicted octanol–water partition coefficient (Wildman–Crippen LogP) is 1.86. The Labute approximate surface area is 117 Å². The number of nitrogens with zero attached hydrogens (tertiary/aromatic N) is 1. The Balaban J connectivity index is 2.55. The molecule has 0 unspecified atom stereocenters. The summed E-state index contributed by atoms with van der Waals surface area (Å²) in [6.45, 7) is 3.53. The first kappa shape index (κ1) is 15.7. The number of carbonyl (C=O) groups excluding carboxylic acids is 1. The summed E-state index contributed by atoms with van der Waals surface area (Å²) in [5, 5.41) is 14.0. The number of carboxylic acid groups (broad SMARTS) is 1. The average Bonchev–Trinajstić information content (AvgIpc) is 2.36. The molecule has 0 aliphatic heterocycles. The molecule has 0 spiro atoms. The predicted molar refractivity (Wildman–Crippen MR) is 73.9 cm³/mol. The van der Waals surface area contributed by atoms with E-state index in [-0.39, 0.29) is 6.42 Å². The number of methoxy groups -OCH3 is 1. The summed E-state index contributed by atoms with van der Waals surface area (Å²) in [4.78, 5) is 26.3. The van der Waals surface area contributed by atoms with Crippen LogP contribution in [0, 0.1) is 0 Å². The summed E-state index contributed by atoms with van der Waals surface area (Å²) in [5.41, 5.74) is -0.0667. The van der Waals surface area contributed by atoms with Gasteiger partial charge in [0, 0.05) is 29.9 Å². The molecule has 1 heterocycles. The molecule has 0 atom stereocenters. The van der Waals surface area contributed by atoms with Crippen molar-refractivity contribution in [3.63, 3.8) is 0 Å². The topological polar surface area (TPSA) is 101 Å². The van der Waals surface area contributed by atoms with Crippen molar-refractivity contribution in [2.45, 2.75) is 32.2 Å². The smallest absolute Gasteiger partial charge is 0.319 e. The summed E-state index contributed by atoms with van der Waals surface area (Å²) in [5.74, 6) is -0.493. The standard InChI is InChI=1S/C13H19N3O4/c1-13(2,6-4-11(17)18)16-12(19)15-9-5-7-14-10(8-9)20-3/h5,7-8H,4,6H2,1-3H3,(H,17,18)(H2,14,15,16,19). The molecule has 2 amide bonds. The number of hydrogen-bond donors (Lipinski definition) is 3. The summed E-state index contributed by atoms with van der Waals surface area (Å²) in [6.07, 6.45) is 1.86. The van der Waals surface area contributed by atoms with E-state index in [2.05, 4.69) is 15.6 Å². The van der Waals surface area contributed by atoms with E-state index in [1.165, 1.54) is 13.3 Å². The van der Waals surface area contributed by atoms with Crippen LogP contribution in [0.1, 0.15) is 26.7 Å². The SMILES string of the molecule is COc1cc(NC(=O)NC(C)(C)CCC(=O)O)ccn1. The minimum absolute atomic E-state index is 0.00361. The van der Waals surface area contributed by atoms with Crippen molar-refractivity contribution < 1.29 is 19.4 Å². The summed E-state index contributed by atoms with van der Waals surface area (Å²) >= 11 is 0. The molecular formula is C13H19N3O4. The highest BCUT2D eigenvalue weighted by Gasteiger charge is 2.21. The van der Waals surface area contributed by atoms with E-state index in [4.69, 9.17) is 9.84 Å². The molecule has 1 aromatic rings. The van der Waals surface area contributed by atoms with Gasteiger partial charge in [-0.1, -0.05) is 0 Å². The van der Waals surface area contributed by atoms with Crippen LogP contribution in [0.25, 0.3) is 0 Å². The van der Waals surface area contributed by atoms with Crippen molar-refractivity contribution in [2.24, 2.45) is 0 Å². The number of urea groups is 1. The molecule has 20 heavy (non-hydrogen) atoms. The van der Waals surface area contributed by atoms with Crippen LogP contribution in [0.15, 0.2) is 18.3 Å². The number of carboxylic acids is 1. The zero-order valence-electron chi connectivity index (χ0n) is 11.8. The van der Waals surface area contributed by atoms with E-state index in [0.717, 1.165) is 0 Å². The molecule has 0 aromatic carbocycles. The Hall–Kier alpha value is -2.31. The number of hydrogen-bond acceptors (Lipinski definition) is 4. The largest absolute Gasteiger partial charge is 0.481 e. The van der Waals surface area contributed by atoms with Gasteiger partial charge in [-0.05, 0) is 26.3 Å². The van der Waals surface area contributed by atoms with Crippen LogP contribution in [0.2, 0.25) is 0 Å². The molecule has 3 N–H and O–H groups in total. The minimum Gasteiger partial charge on any atom is -0.481 e. The molecule has 0 radical (unpaired) electrons. The van der Waals surface area contributed by atoms with Gasteiger partial charge in [-0.15, -0.1) is 0 Å². The lowest BCUT2D eigenvalue weighted by molar-refractivity contribution is -0.137. The molecule has 0 aliphatic rings. The molecule has 110 valence electrons. The van der Waals surface area contributed by atoms with Crippen LogP contribution in [0.5, 0.6) is 5.88 Å². The van der Waals surface area contributed by atoms with E-state index in [1.54, 1.807) is 26.0 Å². The maximum absolute atomic E-state index is 11.8. The Morgan fingerprint density at radius 3 is 2.75 bits per heavy atom. The van der Waals surface area contributed by atoms with Crippen LogP contribution in [-0.4, -0.2) is 34.7 Å². The van der Waals surface area contributed by atoms with Crippen LogP contribution >= 0.6 is 0 Å². The number of aromatic nitrogens is 1. The maximum Gasteiger partial charge on any atom is 0.319 e. The molecule has 7 heteroatoms. The average molecular weight is 281 g/mol. The highest BCUT2D eigenvalue weighted by molar-refractivity contribution is 5.89.